The molecule has 2 unspecified atom stereocenters. The van der Waals surface area contributed by atoms with Gasteiger partial charge in [0.15, 0.2) is 0 Å². The van der Waals surface area contributed by atoms with Crippen molar-refractivity contribution in [2.45, 2.75) is 25.9 Å². The van der Waals surface area contributed by atoms with Gasteiger partial charge < -0.3 is 14.8 Å². The summed E-state index contributed by atoms with van der Waals surface area (Å²) >= 11 is 0. The van der Waals surface area contributed by atoms with E-state index in [4.69, 9.17) is 5.11 Å². The van der Waals surface area contributed by atoms with Gasteiger partial charge >= 0.3 is 5.97 Å². The van der Waals surface area contributed by atoms with Gasteiger partial charge in [-0.3, -0.25) is 4.79 Å². The minimum Gasteiger partial charge on any atom is -0.481 e. The third kappa shape index (κ3) is 1.55. The first-order valence-electron chi connectivity index (χ1n) is 5.06. The first-order chi connectivity index (χ1) is 7.00. The normalized spacial score (nSPS) is 25.0. The molecule has 2 atom stereocenters. The predicted octanol–water partition coefficient (Wildman–Crippen LogP) is 1.01. The number of aliphatic hydroxyl groups is 1. The summed E-state index contributed by atoms with van der Waals surface area (Å²) < 4.78 is 1.92. The molecule has 1 aromatic rings. The summed E-state index contributed by atoms with van der Waals surface area (Å²) in [4.78, 5) is 10.9. The van der Waals surface area contributed by atoms with E-state index in [1.807, 2.05) is 24.7 Å². The lowest BCUT2D eigenvalue weighted by Gasteiger charge is -2.25. The first kappa shape index (κ1) is 10.2. The highest BCUT2D eigenvalue weighted by molar-refractivity contribution is 5.71. The second-order valence-corrected chi connectivity index (χ2v) is 4.27. The number of hydrogen-bond acceptors (Lipinski definition) is 2. The summed E-state index contributed by atoms with van der Waals surface area (Å²) in [6, 6.07) is 0. The van der Waals surface area contributed by atoms with Gasteiger partial charge in [0.05, 0.1) is 12.0 Å². The Kier molecular flexibility index (Phi) is 2.31. The molecule has 0 fully saturated rings. The fraction of sp³-hybridized carbons (Fsp3) is 0.545. The minimum absolute atomic E-state index is 0.327. The maximum atomic E-state index is 10.9. The van der Waals surface area contributed by atoms with E-state index in [0.29, 0.717) is 12.8 Å². The van der Waals surface area contributed by atoms with E-state index in [1.165, 1.54) is 0 Å². The molecular formula is C11H15NO3. The van der Waals surface area contributed by atoms with Crippen LogP contribution in [0.15, 0.2) is 6.20 Å². The number of fused-ring (bicyclic) bond motifs is 1. The molecular weight excluding hydrogens is 194 g/mol. The van der Waals surface area contributed by atoms with Crippen LogP contribution >= 0.6 is 0 Å². The van der Waals surface area contributed by atoms with Crippen molar-refractivity contribution >= 4 is 5.97 Å². The molecule has 4 nitrogen and oxygen atoms in total. The monoisotopic (exact) mass is 209 g/mol. The van der Waals surface area contributed by atoms with Crippen molar-refractivity contribution in [3.05, 3.63) is 23.0 Å². The van der Waals surface area contributed by atoms with Gasteiger partial charge in [-0.1, -0.05) is 0 Å². The number of aliphatic hydroxyl groups excluding tert-OH is 1. The summed E-state index contributed by atoms with van der Waals surface area (Å²) in [5.74, 6) is -1.28. The van der Waals surface area contributed by atoms with Crippen LogP contribution in [0, 0.1) is 12.8 Å². The first-order valence-corrected chi connectivity index (χ1v) is 5.06. The number of nitrogens with zero attached hydrogens (tertiary/aromatic N) is 1. The molecule has 0 spiro atoms. The Morgan fingerprint density at radius 2 is 2.27 bits per heavy atom. The Hall–Kier alpha value is -1.29. The molecule has 2 rings (SSSR count). The van der Waals surface area contributed by atoms with Crippen LogP contribution in [0.4, 0.5) is 0 Å². The molecule has 0 aromatic carbocycles. The molecule has 0 amide bonds. The van der Waals surface area contributed by atoms with E-state index in [-0.39, 0.29) is 0 Å². The average molecular weight is 209 g/mol. The number of aliphatic carboxylic acids is 1. The molecule has 1 aliphatic carbocycles. The topological polar surface area (TPSA) is 62.5 Å². The molecule has 0 bridgehead atoms. The van der Waals surface area contributed by atoms with Crippen molar-refractivity contribution in [3.63, 3.8) is 0 Å². The second-order valence-electron chi connectivity index (χ2n) is 4.27. The Morgan fingerprint density at radius 1 is 1.60 bits per heavy atom. The van der Waals surface area contributed by atoms with Crippen LogP contribution in [0.5, 0.6) is 0 Å². The minimum atomic E-state index is -0.821. The SMILES string of the molecule is Cc1cn(C)c2c1C(O)CC(C(=O)O)C2. The molecule has 0 saturated heterocycles. The number of carboxylic acid groups (broad SMARTS) is 1. The van der Waals surface area contributed by atoms with Crippen molar-refractivity contribution in [1.82, 2.24) is 4.57 Å². The average Bonchev–Trinajstić information content (AvgIpc) is 2.42. The summed E-state index contributed by atoms with van der Waals surface area (Å²) in [5.41, 5.74) is 2.93. The van der Waals surface area contributed by atoms with Crippen molar-refractivity contribution < 1.29 is 15.0 Å². The van der Waals surface area contributed by atoms with E-state index in [9.17, 15) is 9.90 Å². The molecule has 2 N–H and O–H groups in total. The molecule has 4 heteroatoms. The fourth-order valence-corrected chi connectivity index (χ4v) is 2.46. The third-order valence-electron chi connectivity index (χ3n) is 3.18. The van der Waals surface area contributed by atoms with E-state index in [0.717, 1.165) is 16.8 Å². The standard InChI is InChI=1S/C11H15NO3/c1-6-5-12(2)8-3-7(11(14)15)4-9(13)10(6)8/h5,7,9,13H,3-4H2,1-2H3,(H,14,15). The number of aryl methyl sites for hydroxylation is 2. The van der Waals surface area contributed by atoms with Gasteiger partial charge in [-0.25, -0.2) is 0 Å². The Balaban J connectivity index is 2.43. The van der Waals surface area contributed by atoms with E-state index < -0.39 is 18.0 Å². The zero-order valence-electron chi connectivity index (χ0n) is 8.90. The van der Waals surface area contributed by atoms with Gasteiger partial charge in [-0.05, 0) is 18.9 Å². The lowest BCUT2D eigenvalue weighted by atomic mass is 9.84. The highest BCUT2D eigenvalue weighted by Crippen LogP contribution is 2.35. The van der Waals surface area contributed by atoms with Gasteiger partial charge in [0.1, 0.15) is 0 Å². The van der Waals surface area contributed by atoms with E-state index in [1.54, 1.807) is 0 Å². The van der Waals surface area contributed by atoms with Crippen molar-refractivity contribution in [1.29, 1.82) is 0 Å². The maximum Gasteiger partial charge on any atom is 0.306 e. The van der Waals surface area contributed by atoms with E-state index in [2.05, 4.69) is 0 Å². The van der Waals surface area contributed by atoms with Crippen LogP contribution < -0.4 is 0 Å². The third-order valence-corrected chi connectivity index (χ3v) is 3.18. The molecule has 1 heterocycles. The summed E-state index contributed by atoms with van der Waals surface area (Å²) in [6.45, 7) is 1.95. The summed E-state index contributed by atoms with van der Waals surface area (Å²) in [7, 11) is 1.89. The van der Waals surface area contributed by atoms with Crippen LogP contribution in [0.1, 0.15) is 29.3 Å². The van der Waals surface area contributed by atoms with Crippen LogP contribution in [-0.2, 0) is 18.3 Å². The molecule has 0 radical (unpaired) electrons. The largest absolute Gasteiger partial charge is 0.481 e. The Labute approximate surface area is 88.1 Å². The number of rotatable bonds is 1. The second kappa shape index (κ2) is 3.38. The zero-order chi connectivity index (χ0) is 11.2. The number of aromatic nitrogens is 1. The number of hydrogen-bond donors (Lipinski definition) is 2. The van der Waals surface area contributed by atoms with Crippen molar-refractivity contribution in [2.24, 2.45) is 13.0 Å². The van der Waals surface area contributed by atoms with Crippen LogP contribution in [0.2, 0.25) is 0 Å². The Bertz CT molecular complexity index is 408. The summed E-state index contributed by atoms with van der Waals surface area (Å²) in [5, 5.41) is 18.9. The van der Waals surface area contributed by atoms with Crippen LogP contribution in [0.3, 0.4) is 0 Å². The molecule has 1 aromatic heterocycles. The van der Waals surface area contributed by atoms with Crippen LogP contribution in [0.25, 0.3) is 0 Å². The van der Waals surface area contributed by atoms with E-state index >= 15 is 0 Å². The molecule has 15 heavy (non-hydrogen) atoms. The molecule has 0 aliphatic heterocycles. The molecule has 82 valence electrons. The van der Waals surface area contributed by atoms with Gasteiger partial charge in [0, 0.05) is 30.9 Å². The van der Waals surface area contributed by atoms with Crippen molar-refractivity contribution in [2.75, 3.05) is 0 Å². The molecule has 0 saturated carbocycles. The lowest BCUT2D eigenvalue weighted by molar-refractivity contribution is -0.143. The lowest BCUT2D eigenvalue weighted by Crippen LogP contribution is -2.26. The highest BCUT2D eigenvalue weighted by Gasteiger charge is 2.32. The smallest absolute Gasteiger partial charge is 0.306 e. The van der Waals surface area contributed by atoms with Gasteiger partial charge in [0.2, 0.25) is 0 Å². The fourth-order valence-electron chi connectivity index (χ4n) is 2.46. The predicted molar refractivity (Wildman–Crippen MR) is 54.6 cm³/mol. The van der Waals surface area contributed by atoms with Gasteiger partial charge in [-0.15, -0.1) is 0 Å². The number of carbonyl (C=O) groups is 1. The zero-order valence-corrected chi connectivity index (χ0v) is 8.90. The number of carboxylic acids is 1. The van der Waals surface area contributed by atoms with Gasteiger partial charge in [0.25, 0.3) is 0 Å². The maximum absolute atomic E-state index is 10.9. The molecule has 1 aliphatic rings. The van der Waals surface area contributed by atoms with Crippen LogP contribution in [-0.4, -0.2) is 20.7 Å². The van der Waals surface area contributed by atoms with Gasteiger partial charge in [-0.2, -0.15) is 0 Å². The summed E-state index contributed by atoms with van der Waals surface area (Å²) in [6.07, 6.45) is 2.16. The Morgan fingerprint density at radius 3 is 2.87 bits per heavy atom. The highest BCUT2D eigenvalue weighted by atomic mass is 16.4. The van der Waals surface area contributed by atoms with Crippen molar-refractivity contribution in [3.8, 4) is 0 Å². The quantitative estimate of drug-likeness (QED) is 0.725.